The van der Waals surface area contributed by atoms with Gasteiger partial charge in [-0.05, 0) is 13.0 Å². The van der Waals surface area contributed by atoms with E-state index in [0.717, 1.165) is 0 Å². The topological polar surface area (TPSA) is 104 Å². The van der Waals surface area contributed by atoms with Crippen LogP contribution in [0.1, 0.15) is 24.9 Å². The van der Waals surface area contributed by atoms with E-state index in [1.165, 1.54) is 18.0 Å². The molecule has 0 aliphatic rings. The molecule has 1 aromatic rings. The van der Waals surface area contributed by atoms with Crippen molar-refractivity contribution in [3.8, 4) is 5.75 Å². The van der Waals surface area contributed by atoms with Crippen molar-refractivity contribution >= 4 is 11.9 Å². The number of carbonyl (C=O) groups excluding carboxylic acids is 1. The van der Waals surface area contributed by atoms with Crippen LogP contribution >= 0.6 is 0 Å². The Morgan fingerprint density at radius 1 is 1.37 bits per heavy atom. The summed E-state index contributed by atoms with van der Waals surface area (Å²) in [5.74, 6) is -1.51. The van der Waals surface area contributed by atoms with E-state index in [9.17, 15) is 14.7 Å². The molecule has 0 saturated heterocycles. The summed E-state index contributed by atoms with van der Waals surface area (Å²) in [5.41, 5.74) is 6.12. The van der Waals surface area contributed by atoms with Crippen LogP contribution in [0.2, 0.25) is 0 Å². The maximum Gasteiger partial charge on any atom is 0.305 e. The molecule has 0 spiro atoms. The molecule has 4 N–H and O–H groups in total. The van der Waals surface area contributed by atoms with E-state index >= 15 is 0 Å². The van der Waals surface area contributed by atoms with Crippen molar-refractivity contribution in [1.82, 2.24) is 4.90 Å². The van der Waals surface area contributed by atoms with E-state index in [-0.39, 0.29) is 5.75 Å². The summed E-state index contributed by atoms with van der Waals surface area (Å²) in [6, 6.07) is 5.18. The number of nitrogens with two attached hydrogens (primary N) is 1. The molecule has 0 radical (unpaired) electrons. The zero-order valence-electron chi connectivity index (χ0n) is 10.9. The molecule has 0 aliphatic carbocycles. The first-order valence-electron chi connectivity index (χ1n) is 5.86. The number of aliphatic carboxylic acids is 1. The predicted molar refractivity (Wildman–Crippen MR) is 69.5 cm³/mol. The third kappa shape index (κ3) is 3.69. The molecule has 2 unspecified atom stereocenters. The number of likely N-dealkylation sites (N-methyl/N-ethyl adjacent to an activating group) is 1. The number of phenols is 1. The largest absolute Gasteiger partial charge is 0.508 e. The highest BCUT2D eigenvalue weighted by Gasteiger charge is 2.25. The van der Waals surface area contributed by atoms with Gasteiger partial charge in [0.1, 0.15) is 5.75 Å². The van der Waals surface area contributed by atoms with Crippen LogP contribution in [0.15, 0.2) is 24.3 Å². The molecule has 104 valence electrons. The average molecular weight is 266 g/mol. The van der Waals surface area contributed by atoms with Gasteiger partial charge in [-0.3, -0.25) is 9.59 Å². The maximum absolute atomic E-state index is 12.0. The van der Waals surface area contributed by atoms with Gasteiger partial charge in [-0.25, -0.2) is 0 Å². The molecule has 6 nitrogen and oxygen atoms in total. The van der Waals surface area contributed by atoms with Crippen molar-refractivity contribution < 1.29 is 19.8 Å². The third-order valence-electron chi connectivity index (χ3n) is 3.03. The number of carbonyl (C=O) groups is 2. The first-order valence-corrected chi connectivity index (χ1v) is 5.86. The van der Waals surface area contributed by atoms with Gasteiger partial charge in [-0.1, -0.05) is 18.2 Å². The number of amides is 1. The summed E-state index contributed by atoms with van der Waals surface area (Å²) >= 11 is 0. The monoisotopic (exact) mass is 266 g/mol. The number of carboxylic acids is 1. The summed E-state index contributed by atoms with van der Waals surface area (Å²) in [4.78, 5) is 23.8. The molecule has 0 bridgehead atoms. The van der Waals surface area contributed by atoms with Crippen LogP contribution in [0.5, 0.6) is 5.75 Å². The summed E-state index contributed by atoms with van der Waals surface area (Å²) in [5, 5.41) is 18.4. The van der Waals surface area contributed by atoms with Gasteiger partial charge in [-0.15, -0.1) is 0 Å². The lowest BCUT2D eigenvalue weighted by Gasteiger charge is -2.27. The van der Waals surface area contributed by atoms with E-state index in [4.69, 9.17) is 10.8 Å². The Morgan fingerprint density at radius 2 is 1.95 bits per heavy atom. The highest BCUT2D eigenvalue weighted by atomic mass is 16.4. The summed E-state index contributed by atoms with van der Waals surface area (Å²) in [6.07, 6.45) is -0.420. The first-order chi connectivity index (χ1) is 8.84. The van der Waals surface area contributed by atoms with E-state index in [2.05, 4.69) is 0 Å². The molecule has 19 heavy (non-hydrogen) atoms. The Balaban J connectivity index is 2.82. The summed E-state index contributed by atoms with van der Waals surface area (Å²) in [7, 11) is 1.53. The molecule has 0 heterocycles. The number of hydrogen-bond acceptors (Lipinski definition) is 4. The maximum atomic E-state index is 12.0. The number of hydrogen-bond donors (Lipinski definition) is 3. The third-order valence-corrected chi connectivity index (χ3v) is 3.03. The lowest BCUT2D eigenvalue weighted by atomic mass is 10.0. The van der Waals surface area contributed by atoms with Gasteiger partial charge in [0.05, 0.1) is 18.5 Å². The van der Waals surface area contributed by atoms with Gasteiger partial charge < -0.3 is 20.8 Å². The van der Waals surface area contributed by atoms with Gasteiger partial charge in [0.2, 0.25) is 5.91 Å². The van der Waals surface area contributed by atoms with Crippen LogP contribution in [-0.2, 0) is 9.59 Å². The Bertz CT molecular complexity index is 475. The van der Waals surface area contributed by atoms with E-state index in [0.29, 0.717) is 5.56 Å². The molecule has 0 aromatic heterocycles. The van der Waals surface area contributed by atoms with Crippen molar-refractivity contribution in [3.63, 3.8) is 0 Å². The quantitative estimate of drug-likeness (QED) is 0.728. The SMILES string of the molecule is CC(c1ccccc1O)N(C)C(=O)C(N)CC(=O)O. The van der Waals surface area contributed by atoms with Crippen LogP contribution in [0.3, 0.4) is 0 Å². The van der Waals surface area contributed by atoms with E-state index < -0.39 is 30.4 Å². The minimum Gasteiger partial charge on any atom is -0.508 e. The number of benzene rings is 1. The average Bonchev–Trinajstić information content (AvgIpc) is 2.36. The number of rotatable bonds is 5. The fourth-order valence-electron chi connectivity index (χ4n) is 1.78. The second-order valence-electron chi connectivity index (χ2n) is 4.39. The number of nitrogens with zero attached hydrogens (tertiary/aromatic N) is 1. The Morgan fingerprint density at radius 3 is 2.47 bits per heavy atom. The highest BCUT2D eigenvalue weighted by molar-refractivity contribution is 5.86. The lowest BCUT2D eigenvalue weighted by molar-refractivity contribution is -0.142. The summed E-state index contributed by atoms with van der Waals surface area (Å²) < 4.78 is 0. The highest BCUT2D eigenvalue weighted by Crippen LogP contribution is 2.27. The molecular weight excluding hydrogens is 248 g/mol. The second kappa shape index (κ2) is 6.19. The Hall–Kier alpha value is -2.08. The van der Waals surface area contributed by atoms with Crippen molar-refractivity contribution in [3.05, 3.63) is 29.8 Å². The number of aromatic hydroxyl groups is 1. The molecule has 0 saturated carbocycles. The van der Waals surface area contributed by atoms with Gasteiger partial charge in [-0.2, -0.15) is 0 Å². The van der Waals surface area contributed by atoms with Gasteiger partial charge in [0.25, 0.3) is 0 Å². The van der Waals surface area contributed by atoms with Crippen LogP contribution in [0, 0.1) is 0 Å². The molecule has 1 amide bonds. The molecule has 6 heteroatoms. The zero-order valence-corrected chi connectivity index (χ0v) is 10.9. The van der Waals surface area contributed by atoms with Crippen LogP contribution in [0.25, 0.3) is 0 Å². The predicted octanol–water partition coefficient (Wildman–Crippen LogP) is 0.714. The normalized spacial score (nSPS) is 13.6. The van der Waals surface area contributed by atoms with Crippen molar-refractivity contribution in [2.75, 3.05) is 7.05 Å². The number of carboxylic acid groups (broad SMARTS) is 1. The van der Waals surface area contributed by atoms with Gasteiger partial charge in [0.15, 0.2) is 0 Å². The Labute approximate surface area is 111 Å². The Kier molecular flexibility index (Phi) is 4.88. The first kappa shape index (κ1) is 15.0. The van der Waals surface area contributed by atoms with Crippen LogP contribution in [-0.4, -0.2) is 40.1 Å². The minimum atomic E-state index is -1.12. The zero-order chi connectivity index (χ0) is 14.6. The number of para-hydroxylation sites is 1. The summed E-state index contributed by atoms with van der Waals surface area (Å²) in [6.45, 7) is 1.74. The minimum absolute atomic E-state index is 0.0847. The molecule has 1 rings (SSSR count). The fraction of sp³-hybridized carbons (Fsp3) is 0.385. The smallest absolute Gasteiger partial charge is 0.305 e. The van der Waals surface area contributed by atoms with Gasteiger partial charge in [0, 0.05) is 12.6 Å². The molecular formula is C13H18N2O4. The van der Waals surface area contributed by atoms with Crippen molar-refractivity contribution in [2.45, 2.75) is 25.4 Å². The standard InChI is InChI=1S/C13H18N2O4/c1-8(9-5-3-4-6-11(9)16)15(2)13(19)10(14)7-12(17)18/h3-6,8,10,16H,7,14H2,1-2H3,(H,17,18). The van der Waals surface area contributed by atoms with Crippen LogP contribution < -0.4 is 5.73 Å². The molecule has 1 aromatic carbocycles. The van der Waals surface area contributed by atoms with Gasteiger partial charge >= 0.3 is 5.97 Å². The molecule has 0 aliphatic heterocycles. The lowest BCUT2D eigenvalue weighted by Crippen LogP contribution is -2.43. The molecule has 2 atom stereocenters. The second-order valence-corrected chi connectivity index (χ2v) is 4.39. The fourth-order valence-corrected chi connectivity index (χ4v) is 1.78. The molecule has 0 fully saturated rings. The van der Waals surface area contributed by atoms with Crippen molar-refractivity contribution in [1.29, 1.82) is 0 Å². The van der Waals surface area contributed by atoms with Crippen molar-refractivity contribution in [2.24, 2.45) is 5.73 Å². The van der Waals surface area contributed by atoms with E-state index in [1.54, 1.807) is 25.1 Å². The van der Waals surface area contributed by atoms with E-state index in [1.807, 2.05) is 0 Å². The van der Waals surface area contributed by atoms with Crippen LogP contribution in [0.4, 0.5) is 0 Å². The number of phenolic OH excluding ortho intramolecular Hbond substituents is 1.